The number of nitro groups is 1. The summed E-state index contributed by atoms with van der Waals surface area (Å²) >= 11 is 0. The quantitative estimate of drug-likeness (QED) is 0.607. The van der Waals surface area contributed by atoms with Crippen LogP contribution in [0.1, 0.15) is 0 Å². The molecule has 0 spiro atoms. The highest BCUT2D eigenvalue weighted by Gasteiger charge is 2.17. The maximum Gasteiger partial charge on any atom is 0.330 e. The number of hydrogen-bond donors (Lipinski definition) is 1. The molecular formula is C9H12N6O2. The van der Waals surface area contributed by atoms with Gasteiger partial charge in [0.2, 0.25) is 5.82 Å². The Hall–Kier alpha value is -2.38. The number of hydrogen-bond acceptors (Lipinski definition) is 5. The fourth-order valence-corrected chi connectivity index (χ4v) is 1.46. The van der Waals surface area contributed by atoms with Crippen LogP contribution in [-0.2, 0) is 13.6 Å². The van der Waals surface area contributed by atoms with Gasteiger partial charge >= 0.3 is 5.69 Å². The molecule has 0 amide bonds. The van der Waals surface area contributed by atoms with Gasteiger partial charge in [0.25, 0.3) is 0 Å². The lowest BCUT2D eigenvalue weighted by Gasteiger charge is -2.02. The lowest BCUT2D eigenvalue weighted by Crippen LogP contribution is -2.12. The number of nitrogens with zero attached hydrogens (tertiary/aromatic N) is 5. The topological polar surface area (TPSA) is 90.8 Å². The Balaban J connectivity index is 1.96. The Kier molecular flexibility index (Phi) is 3.03. The summed E-state index contributed by atoms with van der Waals surface area (Å²) in [4.78, 5) is 10.3. The van der Waals surface area contributed by atoms with E-state index in [1.54, 1.807) is 17.9 Å². The summed E-state index contributed by atoms with van der Waals surface area (Å²) in [6, 6.07) is 1.82. The number of anilines is 1. The Morgan fingerprint density at radius 1 is 1.59 bits per heavy atom. The molecule has 0 aromatic carbocycles. The van der Waals surface area contributed by atoms with Gasteiger partial charge in [-0.25, -0.2) is 0 Å². The van der Waals surface area contributed by atoms with Gasteiger partial charge in [0, 0.05) is 26.0 Å². The molecule has 2 heterocycles. The third kappa shape index (κ3) is 2.60. The van der Waals surface area contributed by atoms with Crippen molar-refractivity contribution in [1.82, 2.24) is 19.6 Å². The summed E-state index contributed by atoms with van der Waals surface area (Å²) in [5, 5.41) is 21.7. The molecule has 1 N–H and O–H groups in total. The van der Waals surface area contributed by atoms with Gasteiger partial charge in [-0.2, -0.15) is 5.10 Å². The Morgan fingerprint density at radius 3 is 3.06 bits per heavy atom. The summed E-state index contributed by atoms with van der Waals surface area (Å²) in [5.41, 5.74) is -0.0204. The largest absolute Gasteiger partial charge is 0.361 e. The van der Waals surface area contributed by atoms with Crippen molar-refractivity contribution in [2.45, 2.75) is 6.54 Å². The molecular weight excluding hydrogens is 224 g/mol. The highest BCUT2D eigenvalue weighted by molar-refractivity contribution is 5.54. The second-order valence-corrected chi connectivity index (χ2v) is 3.49. The molecule has 8 nitrogen and oxygen atoms in total. The zero-order valence-electron chi connectivity index (χ0n) is 9.28. The minimum atomic E-state index is -0.455. The van der Waals surface area contributed by atoms with Gasteiger partial charge in [-0.1, -0.05) is 0 Å². The Labute approximate surface area is 97.0 Å². The van der Waals surface area contributed by atoms with E-state index in [-0.39, 0.29) is 11.5 Å². The van der Waals surface area contributed by atoms with Crippen molar-refractivity contribution in [3.05, 3.63) is 34.8 Å². The van der Waals surface area contributed by atoms with Crippen molar-refractivity contribution >= 4 is 11.5 Å². The molecule has 0 saturated carbocycles. The van der Waals surface area contributed by atoms with Crippen LogP contribution in [0.4, 0.5) is 11.5 Å². The molecule has 0 atom stereocenters. The molecule has 0 bridgehead atoms. The monoisotopic (exact) mass is 236 g/mol. The minimum absolute atomic E-state index is 0.0204. The average molecular weight is 236 g/mol. The van der Waals surface area contributed by atoms with Crippen LogP contribution in [-0.4, -0.2) is 31.0 Å². The predicted octanol–water partition coefficient (Wildman–Crippen LogP) is 0.637. The molecule has 0 aliphatic carbocycles. The van der Waals surface area contributed by atoms with E-state index in [4.69, 9.17) is 0 Å². The second kappa shape index (κ2) is 4.64. The number of nitrogens with one attached hydrogen (secondary N) is 1. The van der Waals surface area contributed by atoms with E-state index < -0.39 is 4.92 Å². The highest BCUT2D eigenvalue weighted by atomic mass is 16.6. The molecule has 2 aromatic rings. The molecule has 0 aliphatic heterocycles. The van der Waals surface area contributed by atoms with E-state index in [1.165, 1.54) is 10.9 Å². The van der Waals surface area contributed by atoms with Gasteiger partial charge < -0.3 is 5.32 Å². The lowest BCUT2D eigenvalue weighted by molar-refractivity contribution is -0.384. The second-order valence-electron chi connectivity index (χ2n) is 3.49. The summed E-state index contributed by atoms with van der Waals surface area (Å²) in [6.07, 6.45) is 4.88. The summed E-state index contributed by atoms with van der Waals surface area (Å²) in [6.45, 7) is 1.15. The van der Waals surface area contributed by atoms with Crippen LogP contribution in [0.3, 0.4) is 0 Å². The summed E-state index contributed by atoms with van der Waals surface area (Å²) in [7, 11) is 1.64. The van der Waals surface area contributed by atoms with Gasteiger partial charge in [0.15, 0.2) is 0 Å². The number of rotatable bonds is 5. The Morgan fingerprint density at radius 2 is 2.41 bits per heavy atom. The molecule has 8 heteroatoms. The third-order valence-corrected chi connectivity index (χ3v) is 2.20. The van der Waals surface area contributed by atoms with E-state index in [9.17, 15) is 10.1 Å². The molecule has 2 aromatic heterocycles. The van der Waals surface area contributed by atoms with Crippen molar-refractivity contribution in [2.24, 2.45) is 7.05 Å². The first-order valence-corrected chi connectivity index (χ1v) is 5.06. The van der Waals surface area contributed by atoms with Crippen molar-refractivity contribution < 1.29 is 4.92 Å². The van der Waals surface area contributed by atoms with Crippen LogP contribution in [0.15, 0.2) is 24.7 Å². The summed E-state index contributed by atoms with van der Waals surface area (Å²) < 4.78 is 3.15. The van der Waals surface area contributed by atoms with Crippen LogP contribution in [0.5, 0.6) is 0 Å². The van der Waals surface area contributed by atoms with Crippen molar-refractivity contribution in [3.63, 3.8) is 0 Å². The highest BCUT2D eigenvalue weighted by Crippen LogP contribution is 2.20. The fourth-order valence-electron chi connectivity index (χ4n) is 1.46. The van der Waals surface area contributed by atoms with Crippen molar-refractivity contribution in [3.8, 4) is 0 Å². The molecule has 0 radical (unpaired) electrons. The Bertz CT molecular complexity index is 504. The maximum absolute atomic E-state index is 10.7. The van der Waals surface area contributed by atoms with Gasteiger partial charge in [0.1, 0.15) is 6.20 Å². The molecule has 0 unspecified atom stereocenters. The average Bonchev–Trinajstić information content (AvgIpc) is 2.88. The van der Waals surface area contributed by atoms with Crippen LogP contribution < -0.4 is 5.32 Å². The van der Waals surface area contributed by atoms with Crippen LogP contribution >= 0.6 is 0 Å². The number of aryl methyl sites for hydroxylation is 1. The van der Waals surface area contributed by atoms with Gasteiger partial charge in [-0.05, 0) is 6.07 Å². The van der Waals surface area contributed by atoms with E-state index in [0.717, 1.165) is 0 Å². The third-order valence-electron chi connectivity index (χ3n) is 2.20. The normalized spacial score (nSPS) is 10.4. The van der Waals surface area contributed by atoms with Crippen LogP contribution in [0, 0.1) is 10.1 Å². The zero-order chi connectivity index (χ0) is 12.3. The first-order chi connectivity index (χ1) is 8.16. The minimum Gasteiger partial charge on any atom is -0.361 e. The van der Waals surface area contributed by atoms with E-state index in [1.807, 2.05) is 12.3 Å². The molecule has 0 fully saturated rings. The van der Waals surface area contributed by atoms with Crippen LogP contribution in [0.2, 0.25) is 0 Å². The predicted molar refractivity (Wildman–Crippen MR) is 60.6 cm³/mol. The molecule has 17 heavy (non-hydrogen) atoms. The first-order valence-electron chi connectivity index (χ1n) is 5.06. The molecule has 0 aliphatic rings. The van der Waals surface area contributed by atoms with Gasteiger partial charge in [0.05, 0.1) is 11.5 Å². The van der Waals surface area contributed by atoms with E-state index in [2.05, 4.69) is 15.5 Å². The van der Waals surface area contributed by atoms with Gasteiger partial charge in [-0.15, -0.1) is 5.10 Å². The van der Waals surface area contributed by atoms with E-state index >= 15 is 0 Å². The SMILES string of the molecule is Cn1cc([N+](=O)[O-])c(NCCn2cccn2)n1. The molecule has 2 rings (SSSR count). The maximum atomic E-state index is 10.7. The van der Waals surface area contributed by atoms with Crippen molar-refractivity contribution in [1.29, 1.82) is 0 Å². The smallest absolute Gasteiger partial charge is 0.330 e. The van der Waals surface area contributed by atoms with Crippen molar-refractivity contribution in [2.75, 3.05) is 11.9 Å². The summed E-state index contributed by atoms with van der Waals surface area (Å²) in [5.74, 6) is 0.282. The number of aromatic nitrogens is 4. The first kappa shape index (κ1) is 11.1. The van der Waals surface area contributed by atoms with Crippen LogP contribution in [0.25, 0.3) is 0 Å². The zero-order valence-corrected chi connectivity index (χ0v) is 9.28. The standard InChI is InChI=1S/C9H12N6O2/c1-13-7-8(15(16)17)9(12-13)10-4-6-14-5-2-3-11-14/h2-3,5,7H,4,6H2,1H3,(H,10,12). The fraction of sp³-hybridized carbons (Fsp3) is 0.333. The van der Waals surface area contributed by atoms with E-state index in [0.29, 0.717) is 13.1 Å². The molecule has 0 saturated heterocycles. The lowest BCUT2D eigenvalue weighted by atomic mass is 10.5. The van der Waals surface area contributed by atoms with Gasteiger partial charge in [-0.3, -0.25) is 19.5 Å². The molecule has 90 valence electrons.